The first kappa shape index (κ1) is 26.0. The van der Waals surface area contributed by atoms with Crippen molar-refractivity contribution in [3.63, 3.8) is 0 Å². The van der Waals surface area contributed by atoms with Crippen molar-refractivity contribution in [1.82, 2.24) is 4.31 Å². The highest BCUT2D eigenvalue weighted by Gasteiger charge is 2.39. The van der Waals surface area contributed by atoms with Gasteiger partial charge in [-0.1, -0.05) is 43.3 Å². The molecule has 0 N–H and O–H groups in total. The molecule has 0 aliphatic carbocycles. The average Bonchev–Trinajstić information content (AvgIpc) is 3.35. The summed E-state index contributed by atoms with van der Waals surface area (Å²) in [5.74, 6) is -0.983. The van der Waals surface area contributed by atoms with E-state index in [1.165, 1.54) is 28.6 Å². The lowest BCUT2D eigenvalue weighted by Crippen LogP contribution is -2.40. The van der Waals surface area contributed by atoms with E-state index in [1.807, 2.05) is 19.1 Å². The van der Waals surface area contributed by atoms with Gasteiger partial charge < -0.3 is 0 Å². The summed E-state index contributed by atoms with van der Waals surface area (Å²) in [6.45, 7) is 2.07. The molecule has 0 bridgehead atoms. The minimum atomic E-state index is -4.41. The summed E-state index contributed by atoms with van der Waals surface area (Å²) < 4.78 is 79.2. The van der Waals surface area contributed by atoms with Gasteiger partial charge in [0.1, 0.15) is 5.82 Å². The van der Waals surface area contributed by atoms with Crippen molar-refractivity contribution in [3.05, 3.63) is 89.7 Å². The molecule has 0 spiro atoms. The average molecular weight is 520 g/mol. The molecular formula is C27H25F4NO3S. The zero-order valence-corrected chi connectivity index (χ0v) is 20.3. The third kappa shape index (κ3) is 5.52. The number of halogens is 4. The van der Waals surface area contributed by atoms with Gasteiger partial charge in [-0.3, -0.25) is 4.79 Å². The Morgan fingerprint density at radius 3 is 2.31 bits per heavy atom. The number of Topliss-reactive ketones (excluding diaryl/α,β-unsaturated/α-hetero) is 1. The Bertz CT molecular complexity index is 1340. The van der Waals surface area contributed by atoms with Crippen LogP contribution >= 0.6 is 0 Å². The number of rotatable bonds is 7. The van der Waals surface area contributed by atoms with Crippen molar-refractivity contribution in [1.29, 1.82) is 0 Å². The molecule has 3 aromatic carbocycles. The molecule has 0 amide bonds. The van der Waals surface area contributed by atoms with E-state index in [9.17, 15) is 30.8 Å². The van der Waals surface area contributed by atoms with Gasteiger partial charge in [0.2, 0.25) is 10.0 Å². The lowest BCUT2D eigenvalue weighted by atomic mass is 9.90. The van der Waals surface area contributed by atoms with Crippen LogP contribution in [-0.2, 0) is 21.0 Å². The fourth-order valence-electron chi connectivity index (χ4n) is 4.52. The SMILES string of the molecule is C[C@@H](CC(=O)[C@@H]1CCCN1S(=O)(=O)c1ccc(F)cc1)c1cccc(-c2ccc(C(F)(F)F)cc2)c1. The van der Waals surface area contributed by atoms with E-state index in [-0.39, 0.29) is 29.6 Å². The standard InChI is InChI=1S/C27H25F4NO3S/c1-18(20-4-2-5-21(17-20)19-7-9-22(10-8-19)27(29,30)31)16-26(33)25-6-3-15-32(25)36(34,35)24-13-11-23(28)12-14-24/h2,4-5,7-14,17-18,25H,3,6,15-16H2,1H3/t18-,25-/m0/s1. The highest BCUT2D eigenvalue weighted by molar-refractivity contribution is 7.89. The van der Waals surface area contributed by atoms with Gasteiger partial charge in [0.15, 0.2) is 5.78 Å². The van der Waals surface area contributed by atoms with E-state index in [0.717, 1.165) is 35.4 Å². The molecule has 3 aromatic rings. The molecule has 0 aromatic heterocycles. The number of benzene rings is 3. The fraction of sp³-hybridized carbons (Fsp3) is 0.296. The molecule has 9 heteroatoms. The second kappa shape index (κ2) is 10.1. The van der Waals surface area contributed by atoms with E-state index in [2.05, 4.69) is 0 Å². The van der Waals surface area contributed by atoms with E-state index >= 15 is 0 Å². The van der Waals surface area contributed by atoms with E-state index < -0.39 is 33.6 Å². The molecule has 190 valence electrons. The normalized spacial score (nSPS) is 17.8. The van der Waals surface area contributed by atoms with Crippen LogP contribution in [0.3, 0.4) is 0 Å². The maximum absolute atomic E-state index is 13.3. The third-order valence-electron chi connectivity index (χ3n) is 6.50. The van der Waals surface area contributed by atoms with Gasteiger partial charge in [-0.2, -0.15) is 17.5 Å². The fourth-order valence-corrected chi connectivity index (χ4v) is 6.20. The molecule has 1 fully saturated rings. The first-order chi connectivity index (χ1) is 17.0. The molecular weight excluding hydrogens is 494 g/mol. The third-order valence-corrected chi connectivity index (χ3v) is 8.43. The van der Waals surface area contributed by atoms with E-state index in [4.69, 9.17) is 0 Å². The maximum atomic E-state index is 13.3. The van der Waals surface area contributed by atoms with Crippen molar-refractivity contribution >= 4 is 15.8 Å². The van der Waals surface area contributed by atoms with Crippen LogP contribution in [0.25, 0.3) is 11.1 Å². The number of ketones is 1. The van der Waals surface area contributed by atoms with Gasteiger partial charge in [0, 0.05) is 13.0 Å². The van der Waals surface area contributed by atoms with Crippen LogP contribution in [0.15, 0.2) is 77.7 Å². The Morgan fingerprint density at radius 2 is 1.67 bits per heavy atom. The number of hydrogen-bond acceptors (Lipinski definition) is 3. The molecule has 4 rings (SSSR count). The van der Waals surface area contributed by atoms with Gasteiger partial charge in [-0.15, -0.1) is 0 Å². The predicted molar refractivity (Wildman–Crippen MR) is 128 cm³/mol. The Labute approximate surface area is 207 Å². The van der Waals surface area contributed by atoms with Gasteiger partial charge in [-0.25, -0.2) is 12.8 Å². The number of hydrogen-bond donors (Lipinski definition) is 0. The molecule has 1 aliphatic rings. The Morgan fingerprint density at radius 1 is 1.00 bits per heavy atom. The molecule has 0 saturated carbocycles. The molecule has 1 saturated heterocycles. The molecule has 0 unspecified atom stereocenters. The van der Waals surface area contributed by atoms with Crippen molar-refractivity contribution < 1.29 is 30.8 Å². The summed E-state index contributed by atoms with van der Waals surface area (Å²) in [4.78, 5) is 13.1. The summed E-state index contributed by atoms with van der Waals surface area (Å²) in [6.07, 6.45) is -3.34. The Hall–Kier alpha value is -3.04. The van der Waals surface area contributed by atoms with Crippen LogP contribution in [0.1, 0.15) is 43.2 Å². The minimum Gasteiger partial charge on any atom is -0.298 e. The van der Waals surface area contributed by atoms with Gasteiger partial charge in [-0.05, 0) is 71.8 Å². The quantitative estimate of drug-likeness (QED) is 0.338. The summed E-state index contributed by atoms with van der Waals surface area (Å²) in [5, 5.41) is 0. The number of alkyl halides is 3. The summed E-state index contributed by atoms with van der Waals surface area (Å²) in [7, 11) is -3.94. The lowest BCUT2D eigenvalue weighted by molar-refractivity contribution is -0.137. The second-order valence-corrected chi connectivity index (χ2v) is 10.9. The van der Waals surface area contributed by atoms with Crippen LogP contribution in [0.2, 0.25) is 0 Å². The molecule has 0 radical (unpaired) electrons. The summed E-state index contributed by atoms with van der Waals surface area (Å²) in [5.41, 5.74) is 1.45. The molecule has 4 nitrogen and oxygen atoms in total. The minimum absolute atomic E-state index is 0.0547. The molecule has 1 heterocycles. The number of sulfonamides is 1. The lowest BCUT2D eigenvalue weighted by Gasteiger charge is -2.24. The van der Waals surface area contributed by atoms with Crippen LogP contribution in [-0.4, -0.2) is 31.1 Å². The number of carbonyl (C=O) groups is 1. The van der Waals surface area contributed by atoms with Gasteiger partial charge in [0.25, 0.3) is 0 Å². The first-order valence-corrected chi connectivity index (χ1v) is 13.0. The van der Waals surface area contributed by atoms with Crippen molar-refractivity contribution in [2.24, 2.45) is 0 Å². The molecule has 1 aliphatic heterocycles. The summed E-state index contributed by atoms with van der Waals surface area (Å²) in [6, 6.07) is 15.9. The highest BCUT2D eigenvalue weighted by Crippen LogP contribution is 2.33. The van der Waals surface area contributed by atoms with Gasteiger partial charge >= 0.3 is 6.18 Å². The largest absolute Gasteiger partial charge is 0.416 e. The zero-order chi connectivity index (χ0) is 26.1. The van der Waals surface area contributed by atoms with Crippen LogP contribution in [0.4, 0.5) is 17.6 Å². The monoisotopic (exact) mass is 519 g/mol. The molecule has 2 atom stereocenters. The van der Waals surface area contributed by atoms with Crippen LogP contribution in [0.5, 0.6) is 0 Å². The van der Waals surface area contributed by atoms with Crippen LogP contribution in [0, 0.1) is 5.82 Å². The highest BCUT2D eigenvalue weighted by atomic mass is 32.2. The predicted octanol–water partition coefficient (Wildman–Crippen LogP) is 6.43. The second-order valence-electron chi connectivity index (χ2n) is 9.00. The van der Waals surface area contributed by atoms with Crippen LogP contribution < -0.4 is 0 Å². The molecule has 36 heavy (non-hydrogen) atoms. The number of nitrogens with zero attached hydrogens (tertiary/aromatic N) is 1. The first-order valence-electron chi connectivity index (χ1n) is 11.5. The number of carbonyl (C=O) groups excluding carboxylic acids is 1. The Balaban J connectivity index is 1.49. The van der Waals surface area contributed by atoms with Crippen molar-refractivity contribution in [2.75, 3.05) is 6.54 Å². The van der Waals surface area contributed by atoms with E-state index in [1.54, 1.807) is 12.1 Å². The maximum Gasteiger partial charge on any atom is 0.416 e. The van der Waals surface area contributed by atoms with Crippen molar-refractivity contribution in [3.8, 4) is 11.1 Å². The smallest absolute Gasteiger partial charge is 0.298 e. The zero-order valence-electron chi connectivity index (χ0n) is 19.5. The van der Waals surface area contributed by atoms with E-state index in [0.29, 0.717) is 18.4 Å². The van der Waals surface area contributed by atoms with Gasteiger partial charge in [0.05, 0.1) is 16.5 Å². The topological polar surface area (TPSA) is 54.5 Å². The Kier molecular flexibility index (Phi) is 7.33. The van der Waals surface area contributed by atoms with Crippen molar-refractivity contribution in [2.45, 2.75) is 49.2 Å². The summed E-state index contributed by atoms with van der Waals surface area (Å²) >= 11 is 0.